The summed E-state index contributed by atoms with van der Waals surface area (Å²) in [6, 6.07) is 9.41. The largest absolute Gasteiger partial charge is 0.350 e. The molecular weight excluding hydrogens is 356 g/mol. The van der Waals surface area contributed by atoms with Gasteiger partial charge >= 0.3 is 0 Å². The van der Waals surface area contributed by atoms with Crippen LogP contribution in [0.25, 0.3) is 10.2 Å². The SMILES string of the molecule is CN(CC(=O)Nc1ccc2nc(C3CC3)sc2c1)c1ccc(Cl)cn1. The van der Waals surface area contributed by atoms with Gasteiger partial charge in [0.2, 0.25) is 5.91 Å². The van der Waals surface area contributed by atoms with E-state index < -0.39 is 0 Å². The molecule has 0 spiro atoms. The Labute approximate surface area is 154 Å². The molecule has 2 aromatic heterocycles. The standard InChI is InChI=1S/C18H17ClN4OS/c1-23(16-7-4-12(19)9-20-16)10-17(24)21-13-5-6-14-15(8-13)25-18(22-14)11-2-3-11/h4-9,11H,2-3,10H2,1H3,(H,21,24). The molecule has 4 rings (SSSR count). The third-order valence-electron chi connectivity index (χ3n) is 4.10. The zero-order valence-corrected chi connectivity index (χ0v) is 15.3. The topological polar surface area (TPSA) is 58.1 Å². The van der Waals surface area contributed by atoms with Crippen molar-refractivity contribution in [3.63, 3.8) is 0 Å². The molecule has 1 saturated carbocycles. The fraction of sp³-hybridized carbons (Fsp3) is 0.278. The lowest BCUT2D eigenvalue weighted by Gasteiger charge is -2.17. The van der Waals surface area contributed by atoms with Crippen LogP contribution in [0.2, 0.25) is 5.02 Å². The molecule has 5 nitrogen and oxygen atoms in total. The summed E-state index contributed by atoms with van der Waals surface area (Å²) < 4.78 is 1.12. The van der Waals surface area contributed by atoms with E-state index in [0.717, 1.165) is 15.9 Å². The van der Waals surface area contributed by atoms with Crippen LogP contribution in [0.4, 0.5) is 11.5 Å². The number of aromatic nitrogens is 2. The third-order valence-corrected chi connectivity index (χ3v) is 5.50. The van der Waals surface area contributed by atoms with E-state index in [2.05, 4.69) is 15.3 Å². The number of nitrogens with one attached hydrogen (secondary N) is 1. The van der Waals surface area contributed by atoms with Crippen molar-refractivity contribution in [2.75, 3.05) is 23.8 Å². The first-order chi connectivity index (χ1) is 12.1. The van der Waals surface area contributed by atoms with Crippen molar-refractivity contribution in [2.24, 2.45) is 0 Å². The number of halogens is 1. The molecule has 0 bridgehead atoms. The summed E-state index contributed by atoms with van der Waals surface area (Å²) in [4.78, 5) is 23.0. The van der Waals surface area contributed by atoms with Crippen molar-refractivity contribution in [1.82, 2.24) is 9.97 Å². The van der Waals surface area contributed by atoms with E-state index in [0.29, 0.717) is 16.8 Å². The Balaban J connectivity index is 1.42. The summed E-state index contributed by atoms with van der Waals surface area (Å²) in [5, 5.41) is 4.73. The van der Waals surface area contributed by atoms with Crippen molar-refractivity contribution in [2.45, 2.75) is 18.8 Å². The highest BCUT2D eigenvalue weighted by molar-refractivity contribution is 7.18. The molecule has 1 aliphatic carbocycles. The van der Waals surface area contributed by atoms with E-state index in [4.69, 9.17) is 11.6 Å². The Kier molecular flexibility index (Phi) is 4.31. The molecule has 128 valence electrons. The molecule has 0 atom stereocenters. The first kappa shape index (κ1) is 16.3. The quantitative estimate of drug-likeness (QED) is 0.725. The minimum absolute atomic E-state index is 0.0921. The zero-order valence-electron chi connectivity index (χ0n) is 13.7. The Morgan fingerprint density at radius 3 is 2.92 bits per heavy atom. The Bertz CT molecular complexity index is 920. The van der Waals surface area contributed by atoms with Crippen molar-refractivity contribution < 1.29 is 4.79 Å². The summed E-state index contributed by atoms with van der Waals surface area (Å²) in [6.45, 7) is 0.211. The minimum atomic E-state index is -0.0921. The molecule has 25 heavy (non-hydrogen) atoms. The summed E-state index contributed by atoms with van der Waals surface area (Å²) >= 11 is 7.56. The summed E-state index contributed by atoms with van der Waals surface area (Å²) in [6.07, 6.45) is 4.06. The van der Waals surface area contributed by atoms with Crippen molar-refractivity contribution >= 4 is 50.6 Å². The van der Waals surface area contributed by atoms with Crippen LogP contribution in [0.5, 0.6) is 0 Å². The predicted molar refractivity (Wildman–Crippen MR) is 103 cm³/mol. The van der Waals surface area contributed by atoms with Gasteiger partial charge in [0, 0.05) is 24.8 Å². The van der Waals surface area contributed by atoms with Crippen LogP contribution in [0.15, 0.2) is 36.5 Å². The van der Waals surface area contributed by atoms with Crippen LogP contribution in [0.3, 0.4) is 0 Å². The number of carbonyl (C=O) groups excluding carboxylic acids is 1. The highest BCUT2D eigenvalue weighted by atomic mass is 35.5. The fourth-order valence-electron chi connectivity index (χ4n) is 2.62. The highest BCUT2D eigenvalue weighted by Crippen LogP contribution is 2.43. The summed E-state index contributed by atoms with van der Waals surface area (Å²) in [7, 11) is 1.82. The second kappa shape index (κ2) is 6.61. The minimum Gasteiger partial charge on any atom is -0.350 e. The van der Waals surface area contributed by atoms with Crippen molar-refractivity contribution in [1.29, 1.82) is 0 Å². The molecule has 7 heteroatoms. The first-order valence-corrected chi connectivity index (χ1v) is 9.31. The van der Waals surface area contributed by atoms with Crippen LogP contribution in [0, 0.1) is 0 Å². The fourth-order valence-corrected chi connectivity index (χ4v) is 3.90. The van der Waals surface area contributed by atoms with Gasteiger partial charge in [-0.15, -0.1) is 11.3 Å². The number of rotatable bonds is 5. The Morgan fingerprint density at radius 2 is 2.20 bits per heavy atom. The van der Waals surface area contributed by atoms with Gasteiger partial charge in [-0.05, 0) is 43.2 Å². The maximum Gasteiger partial charge on any atom is 0.243 e. The molecule has 1 amide bonds. The number of benzene rings is 1. The first-order valence-electron chi connectivity index (χ1n) is 8.11. The lowest BCUT2D eigenvalue weighted by atomic mass is 10.3. The molecule has 2 heterocycles. The molecule has 0 saturated heterocycles. The predicted octanol–water partition coefficient (Wildman–Crippen LogP) is 4.30. The molecule has 1 aliphatic rings. The van der Waals surface area contributed by atoms with Crippen LogP contribution in [-0.2, 0) is 4.79 Å². The van der Waals surface area contributed by atoms with Crippen molar-refractivity contribution in [3.05, 3.63) is 46.6 Å². The number of thiazole rings is 1. The second-order valence-electron chi connectivity index (χ2n) is 6.25. The van der Waals surface area contributed by atoms with Crippen LogP contribution < -0.4 is 10.2 Å². The third kappa shape index (κ3) is 3.75. The molecule has 1 N–H and O–H groups in total. The van der Waals surface area contributed by atoms with E-state index in [1.807, 2.05) is 25.2 Å². The van der Waals surface area contributed by atoms with Crippen LogP contribution in [0.1, 0.15) is 23.8 Å². The number of amides is 1. The van der Waals surface area contributed by atoms with E-state index in [-0.39, 0.29) is 12.5 Å². The number of nitrogens with zero attached hydrogens (tertiary/aromatic N) is 3. The molecule has 0 unspecified atom stereocenters. The van der Waals surface area contributed by atoms with Gasteiger partial charge in [0.15, 0.2) is 0 Å². The number of carbonyl (C=O) groups is 1. The highest BCUT2D eigenvalue weighted by Gasteiger charge is 2.27. The number of anilines is 2. The number of hydrogen-bond acceptors (Lipinski definition) is 5. The maximum atomic E-state index is 12.3. The van der Waals surface area contributed by atoms with Gasteiger partial charge in [-0.3, -0.25) is 4.79 Å². The van der Waals surface area contributed by atoms with Crippen LogP contribution in [-0.4, -0.2) is 29.5 Å². The van der Waals surface area contributed by atoms with E-state index in [9.17, 15) is 4.79 Å². The maximum absolute atomic E-state index is 12.3. The number of pyridine rings is 1. The van der Waals surface area contributed by atoms with Gasteiger partial charge < -0.3 is 10.2 Å². The number of fused-ring (bicyclic) bond motifs is 1. The van der Waals surface area contributed by atoms with Gasteiger partial charge in [-0.25, -0.2) is 9.97 Å². The van der Waals surface area contributed by atoms with E-state index in [1.165, 1.54) is 17.8 Å². The van der Waals surface area contributed by atoms with Gasteiger partial charge in [-0.1, -0.05) is 11.6 Å². The molecule has 0 radical (unpaired) electrons. The monoisotopic (exact) mass is 372 g/mol. The van der Waals surface area contributed by atoms with Gasteiger partial charge in [0.05, 0.1) is 26.8 Å². The molecule has 0 aliphatic heterocycles. The zero-order chi connectivity index (χ0) is 17.4. The number of hydrogen-bond donors (Lipinski definition) is 1. The average Bonchev–Trinajstić information content (AvgIpc) is 3.35. The Morgan fingerprint density at radius 1 is 1.36 bits per heavy atom. The van der Waals surface area contributed by atoms with E-state index in [1.54, 1.807) is 34.6 Å². The lowest BCUT2D eigenvalue weighted by molar-refractivity contribution is -0.114. The number of likely N-dealkylation sites (N-methyl/N-ethyl adjacent to an activating group) is 1. The summed E-state index contributed by atoms with van der Waals surface area (Å²) in [5.41, 5.74) is 1.80. The van der Waals surface area contributed by atoms with Gasteiger partial charge in [-0.2, -0.15) is 0 Å². The van der Waals surface area contributed by atoms with Gasteiger partial charge in [0.1, 0.15) is 5.82 Å². The molecule has 1 fully saturated rings. The lowest BCUT2D eigenvalue weighted by Crippen LogP contribution is -2.30. The van der Waals surface area contributed by atoms with E-state index >= 15 is 0 Å². The second-order valence-corrected chi connectivity index (χ2v) is 7.75. The van der Waals surface area contributed by atoms with Gasteiger partial charge in [0.25, 0.3) is 0 Å². The average molecular weight is 373 g/mol. The van der Waals surface area contributed by atoms with Crippen molar-refractivity contribution in [3.8, 4) is 0 Å². The normalized spacial score (nSPS) is 13.8. The smallest absolute Gasteiger partial charge is 0.243 e. The van der Waals surface area contributed by atoms with Crippen LogP contribution >= 0.6 is 22.9 Å². The molecule has 3 aromatic rings. The summed E-state index contributed by atoms with van der Waals surface area (Å²) in [5.74, 6) is 1.26. The molecular formula is C18H17ClN4OS. The Hall–Kier alpha value is -2.18. The molecule has 1 aromatic carbocycles.